The van der Waals surface area contributed by atoms with Gasteiger partial charge in [-0.15, -0.1) is 0 Å². The standard InChI is InChI=1S/C13H18N4O2/c1-4-19-11-7-9(5-6-10(11)18-3)12(14)13-15-8-17(2)16-13/h5-8,12H,4,14H2,1-3H3. The lowest BCUT2D eigenvalue weighted by Gasteiger charge is -2.13. The summed E-state index contributed by atoms with van der Waals surface area (Å²) in [4.78, 5) is 4.17. The lowest BCUT2D eigenvalue weighted by molar-refractivity contribution is 0.310. The smallest absolute Gasteiger partial charge is 0.171 e. The molecule has 0 bridgehead atoms. The summed E-state index contributed by atoms with van der Waals surface area (Å²) in [5, 5.41) is 4.21. The molecule has 1 aromatic heterocycles. The first-order chi connectivity index (χ1) is 9.15. The third-order valence-electron chi connectivity index (χ3n) is 2.74. The fourth-order valence-corrected chi connectivity index (χ4v) is 1.80. The van der Waals surface area contributed by atoms with Crippen molar-refractivity contribution < 1.29 is 9.47 Å². The van der Waals surface area contributed by atoms with Gasteiger partial charge in [0.2, 0.25) is 0 Å². The summed E-state index contributed by atoms with van der Waals surface area (Å²) in [5.74, 6) is 1.94. The van der Waals surface area contributed by atoms with Gasteiger partial charge in [-0.25, -0.2) is 4.98 Å². The van der Waals surface area contributed by atoms with Crippen LogP contribution in [0.5, 0.6) is 11.5 Å². The summed E-state index contributed by atoms with van der Waals surface area (Å²) in [7, 11) is 3.42. The zero-order valence-electron chi connectivity index (χ0n) is 11.3. The van der Waals surface area contributed by atoms with Crippen molar-refractivity contribution in [1.29, 1.82) is 0 Å². The molecular weight excluding hydrogens is 244 g/mol. The van der Waals surface area contributed by atoms with Crippen molar-refractivity contribution >= 4 is 0 Å². The van der Waals surface area contributed by atoms with Gasteiger partial charge in [-0.2, -0.15) is 5.10 Å². The Bertz CT molecular complexity index is 553. The highest BCUT2D eigenvalue weighted by Gasteiger charge is 2.16. The molecule has 1 unspecified atom stereocenters. The molecule has 6 heteroatoms. The molecule has 1 atom stereocenters. The van der Waals surface area contributed by atoms with E-state index >= 15 is 0 Å². The van der Waals surface area contributed by atoms with Crippen molar-refractivity contribution in [2.45, 2.75) is 13.0 Å². The number of aryl methyl sites for hydroxylation is 1. The molecule has 0 saturated carbocycles. The summed E-state index contributed by atoms with van der Waals surface area (Å²) in [5.41, 5.74) is 7.04. The average Bonchev–Trinajstić information content (AvgIpc) is 2.85. The molecule has 2 rings (SSSR count). The van der Waals surface area contributed by atoms with Gasteiger partial charge in [0.05, 0.1) is 19.8 Å². The number of methoxy groups -OCH3 is 1. The van der Waals surface area contributed by atoms with Gasteiger partial charge >= 0.3 is 0 Å². The number of nitrogens with two attached hydrogens (primary N) is 1. The molecule has 0 spiro atoms. The highest BCUT2D eigenvalue weighted by molar-refractivity contribution is 5.44. The number of hydrogen-bond donors (Lipinski definition) is 1. The fraction of sp³-hybridized carbons (Fsp3) is 0.385. The van der Waals surface area contributed by atoms with Crippen molar-refractivity contribution in [1.82, 2.24) is 14.8 Å². The second-order valence-electron chi connectivity index (χ2n) is 4.10. The second kappa shape index (κ2) is 5.71. The lowest BCUT2D eigenvalue weighted by atomic mass is 10.1. The number of benzene rings is 1. The predicted molar refractivity (Wildman–Crippen MR) is 71.2 cm³/mol. The molecule has 0 amide bonds. The first-order valence-corrected chi connectivity index (χ1v) is 6.07. The zero-order valence-corrected chi connectivity index (χ0v) is 11.3. The molecule has 0 saturated heterocycles. The Kier molecular flexibility index (Phi) is 4.01. The number of aromatic nitrogens is 3. The van der Waals surface area contributed by atoms with Gasteiger partial charge < -0.3 is 15.2 Å². The fourth-order valence-electron chi connectivity index (χ4n) is 1.80. The Labute approximate surface area is 112 Å². The first-order valence-electron chi connectivity index (χ1n) is 6.07. The van der Waals surface area contributed by atoms with Crippen LogP contribution in [0.25, 0.3) is 0 Å². The number of hydrogen-bond acceptors (Lipinski definition) is 5. The van der Waals surface area contributed by atoms with Crippen molar-refractivity contribution in [3.05, 3.63) is 35.9 Å². The molecule has 2 aromatic rings. The molecule has 2 N–H and O–H groups in total. The third-order valence-corrected chi connectivity index (χ3v) is 2.74. The predicted octanol–water partition coefficient (Wildman–Crippen LogP) is 1.27. The van der Waals surface area contributed by atoms with Crippen LogP contribution in [0, 0.1) is 0 Å². The molecule has 6 nitrogen and oxygen atoms in total. The number of nitrogens with zero attached hydrogens (tertiary/aromatic N) is 3. The molecular formula is C13H18N4O2. The second-order valence-corrected chi connectivity index (χ2v) is 4.10. The quantitative estimate of drug-likeness (QED) is 0.878. The van der Waals surface area contributed by atoms with Gasteiger partial charge in [-0.1, -0.05) is 6.07 Å². The van der Waals surface area contributed by atoms with Crippen molar-refractivity contribution in [2.75, 3.05) is 13.7 Å². The summed E-state index contributed by atoms with van der Waals surface area (Å²) >= 11 is 0. The van der Waals surface area contributed by atoms with Gasteiger partial charge in [0.15, 0.2) is 17.3 Å². The normalized spacial score (nSPS) is 12.2. The van der Waals surface area contributed by atoms with Gasteiger partial charge in [-0.3, -0.25) is 4.68 Å². The molecule has 19 heavy (non-hydrogen) atoms. The summed E-state index contributed by atoms with van der Waals surface area (Å²) in [6.45, 7) is 2.49. The van der Waals surface area contributed by atoms with Crippen LogP contribution in [-0.2, 0) is 7.05 Å². The van der Waals surface area contributed by atoms with Crippen LogP contribution in [-0.4, -0.2) is 28.5 Å². The van der Waals surface area contributed by atoms with E-state index in [1.165, 1.54) is 0 Å². The maximum absolute atomic E-state index is 6.15. The van der Waals surface area contributed by atoms with E-state index in [0.29, 0.717) is 23.9 Å². The van der Waals surface area contributed by atoms with Crippen LogP contribution >= 0.6 is 0 Å². The van der Waals surface area contributed by atoms with E-state index in [0.717, 1.165) is 5.56 Å². The molecule has 0 aliphatic rings. The van der Waals surface area contributed by atoms with Crippen LogP contribution in [0.1, 0.15) is 24.4 Å². The van der Waals surface area contributed by atoms with Crippen LogP contribution < -0.4 is 15.2 Å². The maximum Gasteiger partial charge on any atom is 0.171 e. The first kappa shape index (κ1) is 13.4. The highest BCUT2D eigenvalue weighted by Crippen LogP contribution is 2.30. The van der Waals surface area contributed by atoms with Crippen LogP contribution in [0.2, 0.25) is 0 Å². The van der Waals surface area contributed by atoms with Crippen molar-refractivity contribution in [2.24, 2.45) is 12.8 Å². The molecule has 1 heterocycles. The maximum atomic E-state index is 6.15. The van der Waals surface area contributed by atoms with Crippen molar-refractivity contribution in [3.8, 4) is 11.5 Å². The minimum Gasteiger partial charge on any atom is -0.493 e. The Morgan fingerprint density at radius 3 is 2.74 bits per heavy atom. The lowest BCUT2D eigenvalue weighted by Crippen LogP contribution is -2.14. The monoisotopic (exact) mass is 262 g/mol. The van der Waals surface area contributed by atoms with E-state index in [1.807, 2.05) is 32.2 Å². The van der Waals surface area contributed by atoms with Crippen LogP contribution in [0.15, 0.2) is 24.5 Å². The van der Waals surface area contributed by atoms with E-state index < -0.39 is 0 Å². The molecule has 1 aromatic carbocycles. The van der Waals surface area contributed by atoms with E-state index in [4.69, 9.17) is 15.2 Å². The van der Waals surface area contributed by atoms with Crippen LogP contribution in [0.4, 0.5) is 0 Å². The summed E-state index contributed by atoms with van der Waals surface area (Å²) < 4.78 is 12.4. The Hall–Kier alpha value is -2.08. The molecule has 102 valence electrons. The van der Waals surface area contributed by atoms with E-state index in [1.54, 1.807) is 18.1 Å². The average molecular weight is 262 g/mol. The molecule has 0 fully saturated rings. The van der Waals surface area contributed by atoms with Crippen LogP contribution in [0.3, 0.4) is 0 Å². The van der Waals surface area contributed by atoms with E-state index in [-0.39, 0.29) is 6.04 Å². The zero-order chi connectivity index (χ0) is 13.8. The molecule has 0 aliphatic carbocycles. The van der Waals surface area contributed by atoms with E-state index in [2.05, 4.69) is 10.1 Å². The topological polar surface area (TPSA) is 75.2 Å². The minimum absolute atomic E-state index is 0.383. The van der Waals surface area contributed by atoms with Gasteiger partial charge in [-0.05, 0) is 24.6 Å². The minimum atomic E-state index is -0.383. The molecule has 0 aliphatic heterocycles. The largest absolute Gasteiger partial charge is 0.493 e. The Morgan fingerprint density at radius 2 is 2.16 bits per heavy atom. The highest BCUT2D eigenvalue weighted by atomic mass is 16.5. The van der Waals surface area contributed by atoms with E-state index in [9.17, 15) is 0 Å². The van der Waals surface area contributed by atoms with Gasteiger partial charge in [0.1, 0.15) is 6.33 Å². The van der Waals surface area contributed by atoms with Gasteiger partial charge in [0, 0.05) is 7.05 Å². The SMILES string of the molecule is CCOc1cc(C(N)c2ncn(C)n2)ccc1OC. The molecule has 0 radical (unpaired) electrons. The third kappa shape index (κ3) is 2.85. The summed E-state index contributed by atoms with van der Waals surface area (Å²) in [6, 6.07) is 5.21. The summed E-state index contributed by atoms with van der Waals surface area (Å²) in [6.07, 6.45) is 1.63. The Morgan fingerprint density at radius 1 is 1.37 bits per heavy atom. The number of rotatable bonds is 5. The van der Waals surface area contributed by atoms with Crippen molar-refractivity contribution in [3.63, 3.8) is 0 Å². The van der Waals surface area contributed by atoms with Gasteiger partial charge in [0.25, 0.3) is 0 Å². The Balaban J connectivity index is 2.31. The number of ether oxygens (including phenoxy) is 2.